The van der Waals surface area contributed by atoms with Crippen molar-refractivity contribution < 1.29 is 22.7 Å². The molecule has 0 unspecified atom stereocenters. The molecule has 9 heteroatoms. The molecule has 0 aliphatic heterocycles. The van der Waals surface area contributed by atoms with Crippen LogP contribution in [-0.2, 0) is 14.8 Å². The van der Waals surface area contributed by atoms with Crippen molar-refractivity contribution in [2.75, 3.05) is 19.5 Å². The van der Waals surface area contributed by atoms with Gasteiger partial charge in [0.05, 0.1) is 19.1 Å². The Morgan fingerprint density at radius 3 is 2.14 bits per heavy atom. The molecular formula is C19H23ClN2O5S. The molecule has 1 amide bonds. The van der Waals surface area contributed by atoms with Gasteiger partial charge in [0.1, 0.15) is 6.04 Å². The number of sulfonamides is 1. The maximum Gasteiger partial charge on any atom is 0.242 e. The second-order valence-corrected chi connectivity index (χ2v) is 8.51. The van der Waals surface area contributed by atoms with Crippen LogP contribution in [0.25, 0.3) is 0 Å². The topological polar surface area (TPSA) is 93.7 Å². The van der Waals surface area contributed by atoms with Crippen LogP contribution in [-0.4, -0.2) is 34.6 Å². The first-order chi connectivity index (χ1) is 13.2. The normalized spacial score (nSPS) is 12.5. The quantitative estimate of drug-likeness (QED) is 0.675. The molecule has 0 aliphatic carbocycles. The van der Waals surface area contributed by atoms with Gasteiger partial charge in [-0.05, 0) is 42.3 Å². The Morgan fingerprint density at radius 1 is 1.00 bits per heavy atom. The summed E-state index contributed by atoms with van der Waals surface area (Å²) >= 11 is 5.81. The molecule has 0 saturated carbocycles. The molecule has 152 valence electrons. The molecule has 0 fully saturated rings. The van der Waals surface area contributed by atoms with E-state index in [9.17, 15) is 13.2 Å². The van der Waals surface area contributed by atoms with Crippen molar-refractivity contribution in [3.05, 3.63) is 47.5 Å². The molecule has 0 heterocycles. The number of nitrogens with one attached hydrogen (secondary N) is 2. The second-order valence-electron chi connectivity index (χ2n) is 6.36. The Kier molecular flexibility index (Phi) is 7.29. The van der Waals surface area contributed by atoms with Crippen LogP contribution in [0.4, 0.5) is 5.69 Å². The van der Waals surface area contributed by atoms with Crippen LogP contribution in [0.15, 0.2) is 47.4 Å². The third kappa shape index (κ3) is 5.37. The standard InChI is InChI=1S/C19H23ClN2O5S/c1-12(2)18(22-28(24,25)15-8-5-13(20)6-9-15)19(23)21-14-7-10-16(26-3)17(11-14)27-4/h5-12,18,22H,1-4H3,(H,21,23)/t18-/m1/s1. The van der Waals surface area contributed by atoms with E-state index in [0.717, 1.165) is 0 Å². The van der Waals surface area contributed by atoms with Gasteiger partial charge >= 0.3 is 0 Å². The van der Waals surface area contributed by atoms with Crippen LogP contribution in [0.2, 0.25) is 5.02 Å². The summed E-state index contributed by atoms with van der Waals surface area (Å²) in [6.07, 6.45) is 0. The molecule has 2 aromatic rings. The highest BCUT2D eigenvalue weighted by atomic mass is 35.5. The summed E-state index contributed by atoms with van der Waals surface area (Å²) in [6.45, 7) is 3.51. The molecule has 2 aromatic carbocycles. The van der Waals surface area contributed by atoms with Crippen molar-refractivity contribution in [3.8, 4) is 11.5 Å². The Hall–Kier alpha value is -2.29. The molecule has 2 rings (SSSR count). The third-order valence-corrected chi connectivity index (χ3v) is 5.72. The Balaban J connectivity index is 2.21. The largest absolute Gasteiger partial charge is 0.493 e. The van der Waals surface area contributed by atoms with Crippen molar-refractivity contribution in [1.29, 1.82) is 0 Å². The zero-order chi connectivity index (χ0) is 20.9. The van der Waals surface area contributed by atoms with E-state index in [4.69, 9.17) is 21.1 Å². The predicted octanol–water partition coefficient (Wildman–Crippen LogP) is 3.30. The van der Waals surface area contributed by atoms with Crippen molar-refractivity contribution in [3.63, 3.8) is 0 Å². The molecule has 28 heavy (non-hydrogen) atoms. The average Bonchev–Trinajstić information content (AvgIpc) is 2.66. The van der Waals surface area contributed by atoms with Gasteiger partial charge in [0.2, 0.25) is 15.9 Å². The smallest absolute Gasteiger partial charge is 0.242 e. The molecule has 7 nitrogen and oxygen atoms in total. The minimum atomic E-state index is -3.90. The molecule has 0 bridgehead atoms. The van der Waals surface area contributed by atoms with E-state index >= 15 is 0 Å². The maximum atomic E-state index is 12.7. The number of anilines is 1. The summed E-state index contributed by atoms with van der Waals surface area (Å²) in [4.78, 5) is 12.8. The number of rotatable bonds is 8. The van der Waals surface area contributed by atoms with Gasteiger partial charge in [-0.15, -0.1) is 0 Å². The first-order valence-electron chi connectivity index (χ1n) is 8.48. The van der Waals surface area contributed by atoms with E-state index in [0.29, 0.717) is 22.2 Å². The van der Waals surface area contributed by atoms with E-state index < -0.39 is 22.0 Å². The number of hydrogen-bond donors (Lipinski definition) is 2. The van der Waals surface area contributed by atoms with Crippen LogP contribution in [0.5, 0.6) is 11.5 Å². The number of hydrogen-bond acceptors (Lipinski definition) is 5. The Labute approximate surface area is 170 Å². The van der Waals surface area contributed by atoms with Gasteiger partial charge in [-0.3, -0.25) is 4.79 Å². The summed E-state index contributed by atoms with van der Waals surface area (Å²) in [5.74, 6) is 0.189. The van der Waals surface area contributed by atoms with Gasteiger partial charge in [-0.2, -0.15) is 4.72 Å². The first-order valence-corrected chi connectivity index (χ1v) is 10.3. The van der Waals surface area contributed by atoms with Crippen LogP contribution < -0.4 is 19.5 Å². The lowest BCUT2D eigenvalue weighted by molar-refractivity contribution is -0.118. The predicted molar refractivity (Wildman–Crippen MR) is 109 cm³/mol. The molecule has 0 aromatic heterocycles. The molecule has 0 saturated heterocycles. The molecule has 1 atom stereocenters. The zero-order valence-electron chi connectivity index (χ0n) is 16.0. The van der Waals surface area contributed by atoms with Gasteiger partial charge in [0.15, 0.2) is 11.5 Å². The average molecular weight is 427 g/mol. The van der Waals surface area contributed by atoms with Gasteiger partial charge in [-0.1, -0.05) is 25.4 Å². The molecule has 0 aliphatic rings. The van der Waals surface area contributed by atoms with E-state index in [1.54, 1.807) is 32.0 Å². The second kappa shape index (κ2) is 9.27. The van der Waals surface area contributed by atoms with Gasteiger partial charge in [-0.25, -0.2) is 8.42 Å². The van der Waals surface area contributed by atoms with Crippen LogP contribution in [0.3, 0.4) is 0 Å². The van der Waals surface area contributed by atoms with Crippen molar-refractivity contribution in [1.82, 2.24) is 4.72 Å². The molecule has 0 radical (unpaired) electrons. The highest BCUT2D eigenvalue weighted by Gasteiger charge is 2.28. The van der Waals surface area contributed by atoms with Gasteiger partial charge < -0.3 is 14.8 Å². The fraction of sp³-hybridized carbons (Fsp3) is 0.316. The van der Waals surface area contributed by atoms with Gasteiger partial charge in [0.25, 0.3) is 0 Å². The monoisotopic (exact) mass is 426 g/mol. The fourth-order valence-corrected chi connectivity index (χ4v) is 3.95. The van der Waals surface area contributed by atoms with Crippen LogP contribution in [0, 0.1) is 5.92 Å². The lowest BCUT2D eigenvalue weighted by atomic mass is 10.0. The summed E-state index contributed by atoms with van der Waals surface area (Å²) in [6, 6.07) is 9.63. The Bertz CT molecular complexity index is 930. The maximum absolute atomic E-state index is 12.7. The zero-order valence-corrected chi connectivity index (χ0v) is 17.6. The molecular weight excluding hydrogens is 404 g/mol. The SMILES string of the molecule is COc1ccc(NC(=O)[C@H](NS(=O)(=O)c2ccc(Cl)cc2)C(C)C)cc1OC. The van der Waals surface area contributed by atoms with Crippen LogP contribution >= 0.6 is 11.6 Å². The number of amides is 1. The fourth-order valence-electron chi connectivity index (χ4n) is 2.48. The minimum absolute atomic E-state index is 0.0291. The lowest BCUT2D eigenvalue weighted by Gasteiger charge is -2.22. The van der Waals surface area contributed by atoms with Crippen molar-refractivity contribution in [2.45, 2.75) is 24.8 Å². The lowest BCUT2D eigenvalue weighted by Crippen LogP contribution is -2.47. The van der Waals surface area contributed by atoms with Gasteiger partial charge in [0, 0.05) is 16.8 Å². The summed E-state index contributed by atoms with van der Waals surface area (Å²) in [5.41, 5.74) is 0.457. The minimum Gasteiger partial charge on any atom is -0.493 e. The number of benzene rings is 2. The summed E-state index contributed by atoms with van der Waals surface area (Å²) in [7, 11) is -0.899. The number of methoxy groups -OCH3 is 2. The number of carbonyl (C=O) groups is 1. The van der Waals surface area contributed by atoms with Crippen molar-refractivity contribution in [2.24, 2.45) is 5.92 Å². The first kappa shape index (κ1) is 22.0. The number of carbonyl (C=O) groups excluding carboxylic acids is 1. The van der Waals surface area contributed by atoms with E-state index in [1.165, 1.54) is 38.5 Å². The summed E-state index contributed by atoms with van der Waals surface area (Å²) in [5, 5.41) is 3.13. The highest BCUT2D eigenvalue weighted by Crippen LogP contribution is 2.30. The Morgan fingerprint density at radius 2 is 1.61 bits per heavy atom. The number of ether oxygens (including phenoxy) is 2. The van der Waals surface area contributed by atoms with Crippen molar-refractivity contribution >= 4 is 33.2 Å². The van der Waals surface area contributed by atoms with Crippen LogP contribution in [0.1, 0.15) is 13.8 Å². The van der Waals surface area contributed by atoms with E-state index in [1.807, 2.05) is 0 Å². The highest BCUT2D eigenvalue weighted by molar-refractivity contribution is 7.89. The van der Waals surface area contributed by atoms with E-state index in [-0.39, 0.29) is 10.8 Å². The molecule has 2 N–H and O–H groups in total. The number of halogens is 1. The third-order valence-electron chi connectivity index (χ3n) is 4.01. The van der Waals surface area contributed by atoms with E-state index in [2.05, 4.69) is 10.0 Å². The molecule has 0 spiro atoms. The summed E-state index contributed by atoms with van der Waals surface area (Å²) < 4.78 is 38.1.